The summed E-state index contributed by atoms with van der Waals surface area (Å²) in [6.45, 7) is 9.56. The quantitative estimate of drug-likeness (QED) is 0.933. The molecule has 2 aromatic heterocycles. The van der Waals surface area contributed by atoms with Crippen molar-refractivity contribution in [2.75, 3.05) is 0 Å². The fourth-order valence-electron chi connectivity index (χ4n) is 2.66. The first-order valence-electron chi connectivity index (χ1n) is 6.63. The maximum atomic E-state index is 11.5. The number of aryl methyl sites for hydroxylation is 3. The Balaban J connectivity index is 2.79. The molecule has 2 aromatic rings. The normalized spacial score (nSPS) is 10.8. The van der Waals surface area contributed by atoms with Crippen molar-refractivity contribution >= 4 is 5.97 Å². The molecule has 20 heavy (non-hydrogen) atoms. The van der Waals surface area contributed by atoms with Crippen molar-refractivity contribution in [3.8, 4) is 5.69 Å². The summed E-state index contributed by atoms with van der Waals surface area (Å²) in [7, 11) is 0. The molecule has 0 aliphatic rings. The van der Waals surface area contributed by atoms with Crippen LogP contribution in [0, 0.1) is 27.7 Å². The van der Waals surface area contributed by atoms with Gasteiger partial charge in [-0.2, -0.15) is 5.10 Å². The summed E-state index contributed by atoms with van der Waals surface area (Å²) in [6.07, 6.45) is 0.878. The summed E-state index contributed by atoms with van der Waals surface area (Å²) < 4.78 is 1.72. The van der Waals surface area contributed by atoms with Crippen molar-refractivity contribution in [2.24, 2.45) is 0 Å². The smallest absolute Gasteiger partial charge is 0.339 e. The van der Waals surface area contributed by atoms with Gasteiger partial charge in [-0.05, 0) is 45.7 Å². The zero-order valence-electron chi connectivity index (χ0n) is 12.5. The fraction of sp³-hybridized carbons (Fsp3) is 0.400. The van der Waals surface area contributed by atoms with Crippen LogP contribution in [0.3, 0.4) is 0 Å². The second-order valence-electron chi connectivity index (χ2n) is 4.96. The predicted octanol–water partition coefficient (Wildman–Crippen LogP) is 2.76. The van der Waals surface area contributed by atoms with Crippen LogP contribution in [0.15, 0.2) is 6.07 Å². The highest BCUT2D eigenvalue weighted by molar-refractivity contribution is 5.93. The summed E-state index contributed by atoms with van der Waals surface area (Å²) >= 11 is 0. The number of carbonyl (C=O) groups is 1. The molecule has 0 amide bonds. The zero-order chi connectivity index (χ0) is 15.0. The van der Waals surface area contributed by atoms with Crippen molar-refractivity contribution in [2.45, 2.75) is 41.0 Å². The Morgan fingerprint density at radius 1 is 1.25 bits per heavy atom. The third kappa shape index (κ3) is 2.19. The standard InChI is InChI=1S/C15H19N3O2/c1-6-12-9(3)17-18(11(12)5)13-7-8(2)16-10(4)14(13)15(19)20/h7H,6H2,1-5H3,(H,19,20). The van der Waals surface area contributed by atoms with Gasteiger partial charge in [-0.3, -0.25) is 4.98 Å². The Hall–Kier alpha value is -2.17. The van der Waals surface area contributed by atoms with Gasteiger partial charge in [0.1, 0.15) is 5.56 Å². The van der Waals surface area contributed by atoms with Crippen LogP contribution in [0.5, 0.6) is 0 Å². The van der Waals surface area contributed by atoms with Crippen LogP contribution in [0.2, 0.25) is 0 Å². The van der Waals surface area contributed by atoms with Gasteiger partial charge >= 0.3 is 5.97 Å². The summed E-state index contributed by atoms with van der Waals surface area (Å²) in [4.78, 5) is 15.8. The lowest BCUT2D eigenvalue weighted by atomic mass is 10.1. The number of nitrogens with zero attached hydrogens (tertiary/aromatic N) is 3. The average Bonchev–Trinajstić information content (AvgIpc) is 2.62. The first-order chi connectivity index (χ1) is 9.36. The van der Waals surface area contributed by atoms with Gasteiger partial charge in [-0.25, -0.2) is 9.48 Å². The topological polar surface area (TPSA) is 68.0 Å². The SMILES string of the molecule is CCc1c(C)nn(-c2cc(C)nc(C)c2C(=O)O)c1C. The van der Waals surface area contributed by atoms with E-state index in [4.69, 9.17) is 0 Å². The number of hydrogen-bond donors (Lipinski definition) is 1. The number of pyridine rings is 1. The second-order valence-corrected chi connectivity index (χ2v) is 4.96. The van der Waals surface area contributed by atoms with Crippen molar-refractivity contribution in [3.63, 3.8) is 0 Å². The molecule has 5 nitrogen and oxygen atoms in total. The molecular formula is C15H19N3O2. The minimum absolute atomic E-state index is 0.212. The van der Waals surface area contributed by atoms with Gasteiger partial charge < -0.3 is 5.11 Å². The molecule has 0 saturated carbocycles. The second kappa shape index (κ2) is 5.07. The minimum atomic E-state index is -0.976. The molecule has 106 valence electrons. The van der Waals surface area contributed by atoms with Crippen LogP contribution in [0.4, 0.5) is 0 Å². The molecule has 5 heteroatoms. The predicted molar refractivity (Wildman–Crippen MR) is 76.6 cm³/mol. The number of rotatable bonds is 3. The lowest BCUT2D eigenvalue weighted by molar-refractivity contribution is 0.0695. The number of carboxylic acid groups (broad SMARTS) is 1. The molecule has 0 aromatic carbocycles. The van der Waals surface area contributed by atoms with Gasteiger partial charge in [0.25, 0.3) is 0 Å². The monoisotopic (exact) mass is 273 g/mol. The number of aromatic carboxylic acids is 1. The molecule has 0 atom stereocenters. The van der Waals surface area contributed by atoms with Gasteiger partial charge in [-0.1, -0.05) is 6.92 Å². The maximum absolute atomic E-state index is 11.5. The van der Waals surface area contributed by atoms with E-state index in [0.29, 0.717) is 11.4 Å². The van der Waals surface area contributed by atoms with Crippen LogP contribution in [0.1, 0.15) is 45.6 Å². The summed E-state index contributed by atoms with van der Waals surface area (Å²) in [5.74, 6) is -0.976. The molecule has 0 unspecified atom stereocenters. The average molecular weight is 273 g/mol. The van der Waals surface area contributed by atoms with Gasteiger partial charge in [0.05, 0.1) is 17.1 Å². The van der Waals surface area contributed by atoms with Crippen molar-refractivity contribution in [1.82, 2.24) is 14.8 Å². The van der Waals surface area contributed by atoms with E-state index in [1.54, 1.807) is 17.7 Å². The molecule has 0 radical (unpaired) electrons. The molecule has 2 heterocycles. The highest BCUT2D eigenvalue weighted by Gasteiger charge is 2.20. The largest absolute Gasteiger partial charge is 0.478 e. The van der Waals surface area contributed by atoms with Crippen molar-refractivity contribution < 1.29 is 9.90 Å². The van der Waals surface area contributed by atoms with E-state index in [9.17, 15) is 9.90 Å². The third-order valence-electron chi connectivity index (χ3n) is 3.54. The van der Waals surface area contributed by atoms with E-state index >= 15 is 0 Å². The molecule has 0 saturated heterocycles. The van der Waals surface area contributed by atoms with Crippen molar-refractivity contribution in [1.29, 1.82) is 0 Å². The fourth-order valence-corrected chi connectivity index (χ4v) is 2.66. The van der Waals surface area contributed by atoms with Crippen LogP contribution in [0.25, 0.3) is 5.69 Å². The molecule has 0 fully saturated rings. The minimum Gasteiger partial charge on any atom is -0.478 e. The van der Waals surface area contributed by atoms with Gasteiger partial charge in [0.15, 0.2) is 0 Å². The number of carboxylic acids is 1. The van der Waals surface area contributed by atoms with E-state index < -0.39 is 5.97 Å². The lowest BCUT2D eigenvalue weighted by Crippen LogP contribution is -2.12. The Labute approximate surface area is 118 Å². The summed E-state index contributed by atoms with van der Waals surface area (Å²) in [5, 5.41) is 13.9. The van der Waals surface area contributed by atoms with Gasteiger partial charge in [0, 0.05) is 11.4 Å². The maximum Gasteiger partial charge on any atom is 0.339 e. The molecule has 0 spiro atoms. The Bertz CT molecular complexity index is 687. The van der Waals surface area contributed by atoms with E-state index in [2.05, 4.69) is 17.0 Å². The number of aromatic nitrogens is 3. The molecule has 0 aliphatic heterocycles. The van der Waals surface area contributed by atoms with Crippen LogP contribution in [-0.4, -0.2) is 25.8 Å². The zero-order valence-corrected chi connectivity index (χ0v) is 12.5. The number of hydrogen-bond acceptors (Lipinski definition) is 3. The van der Waals surface area contributed by atoms with E-state index in [1.165, 1.54) is 0 Å². The molecule has 1 N–H and O–H groups in total. The Kier molecular flexibility index (Phi) is 3.61. The van der Waals surface area contributed by atoms with E-state index in [-0.39, 0.29) is 5.56 Å². The van der Waals surface area contributed by atoms with Crippen LogP contribution >= 0.6 is 0 Å². The van der Waals surface area contributed by atoms with Gasteiger partial charge in [-0.15, -0.1) is 0 Å². The molecule has 0 aliphatic carbocycles. The Morgan fingerprint density at radius 3 is 2.40 bits per heavy atom. The first-order valence-corrected chi connectivity index (χ1v) is 6.63. The van der Waals surface area contributed by atoms with Crippen LogP contribution in [-0.2, 0) is 6.42 Å². The van der Waals surface area contributed by atoms with Crippen molar-refractivity contribution in [3.05, 3.63) is 40.0 Å². The lowest BCUT2D eigenvalue weighted by Gasteiger charge is -2.12. The third-order valence-corrected chi connectivity index (χ3v) is 3.54. The van der Waals surface area contributed by atoms with Gasteiger partial charge in [0.2, 0.25) is 0 Å². The Morgan fingerprint density at radius 2 is 1.90 bits per heavy atom. The van der Waals surface area contributed by atoms with E-state index in [0.717, 1.165) is 29.1 Å². The molecular weight excluding hydrogens is 254 g/mol. The molecule has 2 rings (SSSR count). The summed E-state index contributed by atoms with van der Waals surface area (Å²) in [6, 6.07) is 1.77. The highest BCUT2D eigenvalue weighted by Crippen LogP contribution is 2.23. The summed E-state index contributed by atoms with van der Waals surface area (Å²) in [5.41, 5.74) is 5.18. The van der Waals surface area contributed by atoms with E-state index in [1.807, 2.05) is 20.8 Å². The molecule has 0 bridgehead atoms. The highest BCUT2D eigenvalue weighted by atomic mass is 16.4. The first kappa shape index (κ1) is 14.2. The van der Waals surface area contributed by atoms with Crippen LogP contribution < -0.4 is 0 Å².